The third-order valence-electron chi connectivity index (χ3n) is 4.14. The molecule has 112 valence electrons. The predicted molar refractivity (Wildman–Crippen MR) is 81.9 cm³/mol. The lowest BCUT2D eigenvalue weighted by Crippen LogP contribution is -2.24. The van der Waals surface area contributed by atoms with Gasteiger partial charge >= 0.3 is 0 Å². The molecule has 0 amide bonds. The fourth-order valence-electron chi connectivity index (χ4n) is 2.84. The first-order chi connectivity index (χ1) is 9.72. The molecule has 5 heteroatoms. The van der Waals surface area contributed by atoms with Gasteiger partial charge in [-0.25, -0.2) is 9.97 Å². The van der Waals surface area contributed by atoms with Crippen molar-refractivity contribution in [2.45, 2.75) is 39.2 Å². The molecule has 0 radical (unpaired) electrons. The minimum Gasteiger partial charge on any atom is -0.377 e. The van der Waals surface area contributed by atoms with Crippen molar-refractivity contribution in [2.75, 3.05) is 31.3 Å². The van der Waals surface area contributed by atoms with Gasteiger partial charge < -0.3 is 15.4 Å². The predicted octanol–water partition coefficient (Wildman–Crippen LogP) is 2.90. The summed E-state index contributed by atoms with van der Waals surface area (Å²) in [6.45, 7) is 3.79. The number of hydrogen-bond donors (Lipinski definition) is 2. The van der Waals surface area contributed by atoms with Crippen LogP contribution in [-0.2, 0) is 11.3 Å². The number of aromatic nitrogens is 2. The highest BCUT2D eigenvalue weighted by Crippen LogP contribution is 2.29. The fourth-order valence-corrected chi connectivity index (χ4v) is 2.84. The van der Waals surface area contributed by atoms with Crippen LogP contribution in [0.4, 0.5) is 11.6 Å². The Hall–Kier alpha value is -1.36. The van der Waals surface area contributed by atoms with E-state index in [2.05, 4.69) is 27.5 Å². The molecule has 2 rings (SSSR count). The maximum atomic E-state index is 5.11. The Balaban J connectivity index is 1.98. The Morgan fingerprint density at radius 2 is 2.00 bits per heavy atom. The first-order valence-electron chi connectivity index (χ1n) is 7.51. The third kappa shape index (κ3) is 4.07. The number of ether oxygens (including phenoxy) is 1. The molecule has 1 aromatic heterocycles. The van der Waals surface area contributed by atoms with E-state index in [9.17, 15) is 0 Å². The summed E-state index contributed by atoms with van der Waals surface area (Å²) in [7, 11) is 3.53. The quantitative estimate of drug-likeness (QED) is 0.838. The minimum atomic E-state index is 0.435. The van der Waals surface area contributed by atoms with Gasteiger partial charge in [-0.05, 0) is 18.3 Å². The van der Waals surface area contributed by atoms with Gasteiger partial charge in [0, 0.05) is 26.8 Å². The van der Waals surface area contributed by atoms with Gasteiger partial charge in [-0.15, -0.1) is 0 Å². The Morgan fingerprint density at radius 3 is 2.70 bits per heavy atom. The molecule has 5 nitrogen and oxygen atoms in total. The van der Waals surface area contributed by atoms with Gasteiger partial charge in [0.25, 0.3) is 0 Å². The molecule has 1 fully saturated rings. The van der Waals surface area contributed by atoms with E-state index in [1.54, 1.807) is 7.11 Å². The van der Waals surface area contributed by atoms with Gasteiger partial charge in [0.1, 0.15) is 18.2 Å². The Morgan fingerprint density at radius 1 is 1.25 bits per heavy atom. The lowest BCUT2D eigenvalue weighted by Gasteiger charge is -2.29. The fraction of sp³-hybridized carbons (Fsp3) is 0.733. The van der Waals surface area contributed by atoms with Crippen molar-refractivity contribution >= 4 is 11.6 Å². The number of nitrogens with one attached hydrogen (secondary N) is 2. The third-order valence-corrected chi connectivity index (χ3v) is 4.14. The summed E-state index contributed by atoms with van der Waals surface area (Å²) >= 11 is 0. The normalized spacial score (nSPS) is 22.6. The van der Waals surface area contributed by atoms with Crippen molar-refractivity contribution in [2.24, 2.45) is 11.8 Å². The van der Waals surface area contributed by atoms with Gasteiger partial charge in [0.15, 0.2) is 5.82 Å². The average molecular weight is 278 g/mol. The van der Waals surface area contributed by atoms with Crippen molar-refractivity contribution in [1.82, 2.24) is 9.97 Å². The molecule has 1 aliphatic rings. The molecule has 2 unspecified atom stereocenters. The second-order valence-corrected chi connectivity index (χ2v) is 5.64. The average Bonchev–Trinajstić information content (AvgIpc) is 2.46. The van der Waals surface area contributed by atoms with E-state index in [0.717, 1.165) is 30.0 Å². The SMILES string of the molecule is CNc1cc(NCC2CCCCC2C)nc(COC)n1. The van der Waals surface area contributed by atoms with Gasteiger partial charge in [-0.2, -0.15) is 0 Å². The molecule has 1 aliphatic carbocycles. The van der Waals surface area contributed by atoms with Crippen LogP contribution in [0.15, 0.2) is 6.07 Å². The molecule has 2 N–H and O–H groups in total. The topological polar surface area (TPSA) is 59.1 Å². The Labute approximate surface area is 121 Å². The van der Waals surface area contributed by atoms with Crippen LogP contribution in [0.25, 0.3) is 0 Å². The zero-order chi connectivity index (χ0) is 14.4. The number of methoxy groups -OCH3 is 1. The molecule has 1 saturated carbocycles. The van der Waals surface area contributed by atoms with E-state index < -0.39 is 0 Å². The molecule has 1 heterocycles. The number of nitrogens with zero attached hydrogens (tertiary/aromatic N) is 2. The number of anilines is 2. The minimum absolute atomic E-state index is 0.435. The van der Waals surface area contributed by atoms with Crippen LogP contribution >= 0.6 is 0 Å². The van der Waals surface area contributed by atoms with Crippen molar-refractivity contribution < 1.29 is 4.74 Å². The Bertz CT molecular complexity index is 424. The smallest absolute Gasteiger partial charge is 0.158 e. The summed E-state index contributed by atoms with van der Waals surface area (Å²) in [4.78, 5) is 8.86. The summed E-state index contributed by atoms with van der Waals surface area (Å²) in [5, 5.41) is 6.54. The second kappa shape index (κ2) is 7.43. The maximum Gasteiger partial charge on any atom is 0.158 e. The lowest BCUT2D eigenvalue weighted by atomic mass is 9.80. The summed E-state index contributed by atoms with van der Waals surface area (Å²) in [6.07, 6.45) is 5.42. The monoisotopic (exact) mass is 278 g/mol. The zero-order valence-electron chi connectivity index (χ0n) is 12.8. The number of hydrogen-bond acceptors (Lipinski definition) is 5. The van der Waals surface area contributed by atoms with Gasteiger partial charge in [-0.3, -0.25) is 0 Å². The summed E-state index contributed by atoms with van der Waals surface area (Å²) in [5.74, 6) is 3.97. The van der Waals surface area contributed by atoms with Crippen LogP contribution in [0, 0.1) is 11.8 Å². The van der Waals surface area contributed by atoms with Crippen molar-refractivity contribution in [3.63, 3.8) is 0 Å². The molecular weight excluding hydrogens is 252 g/mol. The highest BCUT2D eigenvalue weighted by molar-refractivity contribution is 5.47. The van der Waals surface area contributed by atoms with Crippen LogP contribution in [0.2, 0.25) is 0 Å². The van der Waals surface area contributed by atoms with E-state index in [-0.39, 0.29) is 0 Å². The summed E-state index contributed by atoms with van der Waals surface area (Å²) in [5.41, 5.74) is 0. The van der Waals surface area contributed by atoms with Crippen molar-refractivity contribution in [3.8, 4) is 0 Å². The van der Waals surface area contributed by atoms with Gasteiger partial charge in [-0.1, -0.05) is 26.2 Å². The summed E-state index contributed by atoms with van der Waals surface area (Å²) in [6, 6.07) is 1.95. The lowest BCUT2D eigenvalue weighted by molar-refractivity contribution is 0.178. The molecule has 2 atom stereocenters. The van der Waals surface area contributed by atoms with E-state index in [4.69, 9.17) is 4.74 Å². The standard InChI is InChI=1S/C15H26N4O/c1-11-6-4-5-7-12(11)9-17-14-8-13(16-2)18-15(19-14)10-20-3/h8,11-12H,4-7,9-10H2,1-3H3,(H2,16,17,18,19). The van der Waals surface area contributed by atoms with Crippen LogP contribution < -0.4 is 10.6 Å². The van der Waals surface area contributed by atoms with E-state index in [1.165, 1.54) is 25.7 Å². The maximum absolute atomic E-state index is 5.11. The van der Waals surface area contributed by atoms with Crippen LogP contribution in [0.1, 0.15) is 38.4 Å². The molecule has 0 aliphatic heterocycles. The molecule has 20 heavy (non-hydrogen) atoms. The second-order valence-electron chi connectivity index (χ2n) is 5.64. The van der Waals surface area contributed by atoms with Crippen LogP contribution in [0.5, 0.6) is 0 Å². The highest BCUT2D eigenvalue weighted by atomic mass is 16.5. The van der Waals surface area contributed by atoms with Crippen molar-refractivity contribution in [1.29, 1.82) is 0 Å². The molecule has 0 bridgehead atoms. The Kier molecular flexibility index (Phi) is 5.59. The first kappa shape index (κ1) is 15.0. The largest absolute Gasteiger partial charge is 0.377 e. The van der Waals surface area contributed by atoms with Crippen LogP contribution in [0.3, 0.4) is 0 Å². The molecular formula is C15H26N4O. The van der Waals surface area contributed by atoms with Gasteiger partial charge in [0.2, 0.25) is 0 Å². The van der Waals surface area contributed by atoms with E-state index >= 15 is 0 Å². The molecule has 1 aromatic rings. The van der Waals surface area contributed by atoms with Crippen LogP contribution in [-0.4, -0.2) is 30.7 Å². The number of rotatable bonds is 6. The first-order valence-corrected chi connectivity index (χ1v) is 7.51. The zero-order valence-corrected chi connectivity index (χ0v) is 12.8. The van der Waals surface area contributed by atoms with Crippen molar-refractivity contribution in [3.05, 3.63) is 11.9 Å². The molecule has 0 spiro atoms. The molecule has 0 aromatic carbocycles. The highest BCUT2D eigenvalue weighted by Gasteiger charge is 2.21. The van der Waals surface area contributed by atoms with E-state index in [1.807, 2.05) is 13.1 Å². The van der Waals surface area contributed by atoms with E-state index in [0.29, 0.717) is 12.4 Å². The van der Waals surface area contributed by atoms with Gasteiger partial charge in [0.05, 0.1) is 0 Å². The summed E-state index contributed by atoms with van der Waals surface area (Å²) < 4.78 is 5.11. The molecule has 0 saturated heterocycles.